The Morgan fingerprint density at radius 3 is 2.38 bits per heavy atom. The number of carbonyl (C=O) groups is 2. The maximum absolute atomic E-state index is 12.0. The van der Waals surface area contributed by atoms with Crippen LogP contribution in [0.15, 0.2) is 60.0 Å². The van der Waals surface area contributed by atoms with Gasteiger partial charge in [0.1, 0.15) is 0 Å². The first kappa shape index (κ1) is 14.6. The Kier molecular flexibility index (Phi) is 4.93. The third-order valence-electron chi connectivity index (χ3n) is 2.80. The predicted molar refractivity (Wildman–Crippen MR) is 80.2 cm³/mol. The normalized spacial score (nSPS) is 11.0. The molecule has 0 aliphatic heterocycles. The van der Waals surface area contributed by atoms with Gasteiger partial charge in [0.05, 0.1) is 6.42 Å². The monoisotopic (exact) mass is 281 g/mol. The summed E-state index contributed by atoms with van der Waals surface area (Å²) >= 11 is 0. The molecule has 5 heteroatoms. The van der Waals surface area contributed by atoms with E-state index in [1.165, 1.54) is 12.4 Å². The first-order valence-corrected chi connectivity index (χ1v) is 6.48. The summed E-state index contributed by atoms with van der Waals surface area (Å²) in [5.74, 6) is -0.362. The summed E-state index contributed by atoms with van der Waals surface area (Å²) in [6.45, 7) is 1.70. The number of hydrazone groups is 1. The van der Waals surface area contributed by atoms with Crippen molar-refractivity contribution in [2.75, 3.05) is 0 Å². The van der Waals surface area contributed by atoms with Gasteiger partial charge in [-0.2, -0.15) is 5.10 Å². The van der Waals surface area contributed by atoms with Crippen molar-refractivity contribution < 1.29 is 9.59 Å². The molecule has 106 valence electrons. The van der Waals surface area contributed by atoms with Crippen LogP contribution in [0.4, 0.5) is 0 Å². The molecule has 1 amide bonds. The van der Waals surface area contributed by atoms with Gasteiger partial charge in [0.15, 0.2) is 5.78 Å². The molecule has 0 saturated heterocycles. The molecule has 0 fully saturated rings. The van der Waals surface area contributed by atoms with Gasteiger partial charge in [-0.25, -0.2) is 5.43 Å². The van der Waals surface area contributed by atoms with Gasteiger partial charge in [-0.15, -0.1) is 0 Å². The van der Waals surface area contributed by atoms with Gasteiger partial charge in [-0.1, -0.05) is 30.3 Å². The van der Waals surface area contributed by atoms with Gasteiger partial charge >= 0.3 is 0 Å². The molecule has 2 rings (SSSR count). The summed E-state index contributed by atoms with van der Waals surface area (Å²) in [7, 11) is 0. The highest BCUT2D eigenvalue weighted by Gasteiger charge is 2.08. The van der Waals surface area contributed by atoms with E-state index in [0.29, 0.717) is 16.8 Å². The number of benzene rings is 1. The lowest BCUT2D eigenvalue weighted by molar-refractivity contribution is 0.0950. The molecule has 1 N–H and O–H groups in total. The number of carbonyl (C=O) groups excluding carboxylic acids is 2. The maximum Gasteiger partial charge on any atom is 0.271 e. The fourth-order valence-electron chi connectivity index (χ4n) is 1.71. The Labute approximate surface area is 122 Å². The van der Waals surface area contributed by atoms with Crippen molar-refractivity contribution in [1.29, 1.82) is 0 Å². The number of Topliss-reactive ketones (excluding diaryl/α,β-unsaturated/α-hetero) is 1. The Morgan fingerprint density at radius 2 is 1.71 bits per heavy atom. The number of aromatic nitrogens is 1. The van der Waals surface area contributed by atoms with E-state index in [-0.39, 0.29) is 18.1 Å². The van der Waals surface area contributed by atoms with Crippen molar-refractivity contribution in [2.45, 2.75) is 13.3 Å². The van der Waals surface area contributed by atoms with E-state index in [9.17, 15) is 9.59 Å². The molecule has 0 aliphatic carbocycles. The van der Waals surface area contributed by atoms with Gasteiger partial charge in [-0.05, 0) is 19.1 Å². The molecule has 0 spiro atoms. The van der Waals surface area contributed by atoms with Gasteiger partial charge in [0.25, 0.3) is 5.91 Å². The van der Waals surface area contributed by atoms with E-state index in [2.05, 4.69) is 15.5 Å². The lowest BCUT2D eigenvalue weighted by Gasteiger charge is -2.03. The highest BCUT2D eigenvalue weighted by molar-refractivity contribution is 6.09. The average molecular weight is 281 g/mol. The van der Waals surface area contributed by atoms with E-state index in [1.807, 2.05) is 18.2 Å². The molecule has 0 radical (unpaired) electrons. The number of rotatable bonds is 5. The van der Waals surface area contributed by atoms with E-state index in [0.717, 1.165) is 0 Å². The average Bonchev–Trinajstić information content (AvgIpc) is 2.54. The minimum absolute atomic E-state index is 0.0324. The quantitative estimate of drug-likeness (QED) is 0.520. The second kappa shape index (κ2) is 7.09. The van der Waals surface area contributed by atoms with Crippen molar-refractivity contribution >= 4 is 17.4 Å². The van der Waals surface area contributed by atoms with Crippen molar-refractivity contribution in [3.8, 4) is 0 Å². The first-order chi connectivity index (χ1) is 10.2. The fraction of sp³-hybridized carbons (Fsp3) is 0.125. The topological polar surface area (TPSA) is 71.4 Å². The Morgan fingerprint density at radius 1 is 1.05 bits per heavy atom. The summed E-state index contributed by atoms with van der Waals surface area (Å²) in [5, 5.41) is 3.94. The van der Waals surface area contributed by atoms with Crippen molar-refractivity contribution in [3.63, 3.8) is 0 Å². The largest absolute Gasteiger partial charge is 0.294 e. The van der Waals surface area contributed by atoms with Crippen molar-refractivity contribution in [3.05, 3.63) is 66.0 Å². The van der Waals surface area contributed by atoms with Crippen LogP contribution in [0.1, 0.15) is 34.1 Å². The third kappa shape index (κ3) is 4.35. The van der Waals surface area contributed by atoms with Crippen LogP contribution >= 0.6 is 0 Å². The Hall–Kier alpha value is -2.82. The molecule has 0 aliphatic rings. The van der Waals surface area contributed by atoms with Crippen molar-refractivity contribution in [2.24, 2.45) is 5.10 Å². The Balaban J connectivity index is 1.93. The molecule has 1 aromatic heterocycles. The number of hydrogen-bond acceptors (Lipinski definition) is 4. The molecular weight excluding hydrogens is 266 g/mol. The smallest absolute Gasteiger partial charge is 0.271 e. The molecule has 0 atom stereocenters. The van der Waals surface area contributed by atoms with Crippen LogP contribution in [0.5, 0.6) is 0 Å². The van der Waals surface area contributed by atoms with Crippen LogP contribution in [0.3, 0.4) is 0 Å². The summed E-state index contributed by atoms with van der Waals surface area (Å²) in [6.07, 6.45) is 3.23. The zero-order chi connectivity index (χ0) is 15.1. The van der Waals surface area contributed by atoms with Gasteiger partial charge in [0, 0.05) is 29.2 Å². The lowest BCUT2D eigenvalue weighted by atomic mass is 10.1. The second-order valence-electron chi connectivity index (χ2n) is 4.49. The summed E-state index contributed by atoms with van der Waals surface area (Å²) in [6, 6.07) is 12.2. The standard InChI is InChI=1S/C16H15N3O2/c1-12(11-15(20)13-5-3-2-4-6-13)18-19-16(21)14-7-9-17-10-8-14/h2-10H,11H2,1H3,(H,19,21). The number of pyridine rings is 1. The van der Waals surface area contributed by atoms with Crippen LogP contribution in [0, 0.1) is 0 Å². The van der Waals surface area contributed by atoms with Gasteiger partial charge in [0.2, 0.25) is 0 Å². The van der Waals surface area contributed by atoms with E-state index >= 15 is 0 Å². The van der Waals surface area contributed by atoms with E-state index < -0.39 is 0 Å². The zero-order valence-electron chi connectivity index (χ0n) is 11.6. The molecule has 5 nitrogen and oxygen atoms in total. The van der Waals surface area contributed by atoms with Crippen LogP contribution < -0.4 is 5.43 Å². The van der Waals surface area contributed by atoms with Gasteiger partial charge < -0.3 is 0 Å². The molecular formula is C16H15N3O2. The highest BCUT2D eigenvalue weighted by atomic mass is 16.2. The predicted octanol–water partition coefficient (Wildman–Crippen LogP) is 2.46. The molecule has 21 heavy (non-hydrogen) atoms. The zero-order valence-corrected chi connectivity index (χ0v) is 11.6. The second-order valence-corrected chi connectivity index (χ2v) is 4.49. The SMILES string of the molecule is CC(CC(=O)c1ccccc1)=NNC(=O)c1ccncc1. The fourth-order valence-corrected chi connectivity index (χ4v) is 1.71. The number of amides is 1. The number of nitrogens with zero attached hydrogens (tertiary/aromatic N) is 2. The van der Waals surface area contributed by atoms with Crippen LogP contribution in [-0.2, 0) is 0 Å². The minimum atomic E-state index is -0.330. The highest BCUT2D eigenvalue weighted by Crippen LogP contribution is 2.04. The van der Waals surface area contributed by atoms with E-state index in [1.54, 1.807) is 31.2 Å². The van der Waals surface area contributed by atoms with Crippen molar-refractivity contribution in [1.82, 2.24) is 10.4 Å². The summed E-state index contributed by atoms with van der Waals surface area (Å²) in [4.78, 5) is 27.6. The number of nitrogens with one attached hydrogen (secondary N) is 1. The maximum atomic E-state index is 12.0. The molecule has 1 aromatic carbocycles. The van der Waals surface area contributed by atoms with E-state index in [4.69, 9.17) is 0 Å². The van der Waals surface area contributed by atoms with Crippen LogP contribution in [0.25, 0.3) is 0 Å². The number of ketones is 1. The minimum Gasteiger partial charge on any atom is -0.294 e. The molecule has 2 aromatic rings. The molecule has 0 saturated carbocycles. The Bertz CT molecular complexity index is 652. The summed E-state index contributed by atoms with van der Waals surface area (Å²) in [5.41, 5.74) is 4.07. The molecule has 0 unspecified atom stereocenters. The third-order valence-corrected chi connectivity index (χ3v) is 2.80. The number of hydrogen-bond donors (Lipinski definition) is 1. The molecule has 0 bridgehead atoms. The van der Waals surface area contributed by atoms with Crippen LogP contribution in [0.2, 0.25) is 0 Å². The first-order valence-electron chi connectivity index (χ1n) is 6.48. The lowest BCUT2D eigenvalue weighted by Crippen LogP contribution is -2.19. The van der Waals surface area contributed by atoms with Crippen LogP contribution in [-0.4, -0.2) is 22.4 Å². The molecule has 1 heterocycles. The summed E-state index contributed by atoms with van der Waals surface area (Å²) < 4.78 is 0. The van der Waals surface area contributed by atoms with Gasteiger partial charge in [-0.3, -0.25) is 14.6 Å².